The number of amides is 1. The summed E-state index contributed by atoms with van der Waals surface area (Å²) < 4.78 is 28.9. The summed E-state index contributed by atoms with van der Waals surface area (Å²) in [6.45, 7) is 1.04. The van der Waals surface area contributed by atoms with E-state index in [2.05, 4.69) is 10.3 Å². The largest absolute Gasteiger partial charge is 0.467 e. The Morgan fingerprint density at radius 3 is 2.71 bits per heavy atom. The number of aromatic nitrogens is 1. The number of fused-ring (bicyclic) bond motifs is 1. The maximum absolute atomic E-state index is 13.0. The predicted molar refractivity (Wildman–Crippen MR) is 107 cm³/mol. The molecule has 0 bridgehead atoms. The zero-order chi connectivity index (χ0) is 19.6. The van der Waals surface area contributed by atoms with Gasteiger partial charge in [-0.15, -0.1) is 0 Å². The average Bonchev–Trinajstić information content (AvgIpc) is 3.35. The van der Waals surface area contributed by atoms with Gasteiger partial charge in [0.05, 0.1) is 30.4 Å². The molecule has 1 aliphatic rings. The fourth-order valence-electron chi connectivity index (χ4n) is 3.64. The van der Waals surface area contributed by atoms with E-state index in [-0.39, 0.29) is 17.4 Å². The van der Waals surface area contributed by atoms with Crippen molar-refractivity contribution in [1.29, 1.82) is 0 Å². The third-order valence-corrected chi connectivity index (χ3v) is 6.84. The van der Waals surface area contributed by atoms with Crippen molar-refractivity contribution in [2.24, 2.45) is 0 Å². The topological polar surface area (TPSA) is 95.4 Å². The molecule has 1 saturated heterocycles. The number of benzene rings is 1. The molecule has 2 aromatic heterocycles. The van der Waals surface area contributed by atoms with E-state index < -0.39 is 15.9 Å². The predicted octanol–water partition coefficient (Wildman–Crippen LogP) is 1.72. The van der Waals surface area contributed by atoms with Crippen LogP contribution in [0.4, 0.5) is 0 Å². The lowest BCUT2D eigenvalue weighted by Gasteiger charge is -2.33. The smallest absolute Gasteiger partial charge is 0.238 e. The van der Waals surface area contributed by atoms with E-state index in [1.54, 1.807) is 12.3 Å². The normalized spacial score (nSPS) is 18.1. The third-order valence-electron chi connectivity index (χ3n) is 5.23. The van der Waals surface area contributed by atoms with Gasteiger partial charge in [-0.2, -0.15) is 0 Å². The molecule has 2 N–H and O–H groups in total. The van der Waals surface area contributed by atoms with Gasteiger partial charge < -0.3 is 14.7 Å². The summed E-state index contributed by atoms with van der Waals surface area (Å²) in [4.78, 5) is 18.2. The SMILES string of the molecule is O=C(NCc1ccco1)[C@@H](Cc1c[nH]c2ccccc12)N1CCS(=O)(=O)CC1. The van der Waals surface area contributed by atoms with Gasteiger partial charge in [0.2, 0.25) is 5.91 Å². The Bertz CT molecular complexity index is 1040. The van der Waals surface area contributed by atoms with Gasteiger partial charge in [-0.05, 0) is 30.2 Å². The van der Waals surface area contributed by atoms with Crippen LogP contribution in [0.15, 0.2) is 53.3 Å². The maximum Gasteiger partial charge on any atom is 0.238 e. The van der Waals surface area contributed by atoms with Crippen LogP contribution in [0.25, 0.3) is 10.9 Å². The summed E-state index contributed by atoms with van der Waals surface area (Å²) in [5, 5.41) is 4.01. The van der Waals surface area contributed by atoms with Crippen molar-refractivity contribution >= 4 is 26.6 Å². The van der Waals surface area contributed by atoms with Gasteiger partial charge in [-0.3, -0.25) is 9.69 Å². The summed E-state index contributed by atoms with van der Waals surface area (Å²) in [5.41, 5.74) is 2.07. The van der Waals surface area contributed by atoms with E-state index in [0.717, 1.165) is 16.5 Å². The van der Waals surface area contributed by atoms with E-state index in [1.807, 2.05) is 41.4 Å². The molecular weight excluding hydrogens is 378 g/mol. The summed E-state index contributed by atoms with van der Waals surface area (Å²) in [5.74, 6) is 0.729. The van der Waals surface area contributed by atoms with E-state index in [9.17, 15) is 13.2 Å². The number of nitrogens with one attached hydrogen (secondary N) is 2. The molecule has 1 amide bonds. The van der Waals surface area contributed by atoms with Crippen molar-refractivity contribution in [3.05, 3.63) is 60.2 Å². The van der Waals surface area contributed by atoms with Gasteiger partial charge in [0.15, 0.2) is 9.84 Å². The number of nitrogens with zero attached hydrogens (tertiary/aromatic N) is 1. The minimum atomic E-state index is -3.01. The lowest BCUT2D eigenvalue weighted by molar-refractivity contribution is -0.126. The number of aromatic amines is 1. The second-order valence-electron chi connectivity index (χ2n) is 7.06. The van der Waals surface area contributed by atoms with Crippen LogP contribution in [0, 0.1) is 0 Å². The summed E-state index contributed by atoms with van der Waals surface area (Å²) in [6.07, 6.45) is 4.01. The number of hydrogen-bond donors (Lipinski definition) is 2. The van der Waals surface area contributed by atoms with Gasteiger partial charge in [-0.25, -0.2) is 8.42 Å². The highest BCUT2D eigenvalue weighted by Gasteiger charge is 2.32. The van der Waals surface area contributed by atoms with Gasteiger partial charge in [0.25, 0.3) is 0 Å². The molecule has 3 aromatic rings. The zero-order valence-corrected chi connectivity index (χ0v) is 16.2. The van der Waals surface area contributed by atoms with Crippen LogP contribution in [0.3, 0.4) is 0 Å². The first-order valence-electron chi connectivity index (χ1n) is 9.31. The first-order chi connectivity index (χ1) is 13.5. The van der Waals surface area contributed by atoms with E-state index in [4.69, 9.17) is 4.42 Å². The lowest BCUT2D eigenvalue weighted by Crippen LogP contribution is -2.53. The van der Waals surface area contributed by atoms with Gasteiger partial charge in [0, 0.05) is 30.2 Å². The Hall–Kier alpha value is -2.58. The number of H-pyrrole nitrogens is 1. The van der Waals surface area contributed by atoms with Crippen LogP contribution in [-0.4, -0.2) is 54.8 Å². The molecule has 0 saturated carbocycles. The molecule has 1 aliphatic heterocycles. The Morgan fingerprint density at radius 2 is 1.96 bits per heavy atom. The maximum atomic E-state index is 13.0. The molecule has 7 nitrogen and oxygen atoms in total. The Kier molecular flexibility index (Phi) is 5.23. The molecule has 0 radical (unpaired) electrons. The first kappa shape index (κ1) is 18.8. The number of para-hydroxylation sites is 1. The Morgan fingerprint density at radius 1 is 1.18 bits per heavy atom. The molecule has 0 unspecified atom stereocenters. The minimum Gasteiger partial charge on any atom is -0.467 e. The van der Waals surface area contributed by atoms with Crippen LogP contribution in [0.5, 0.6) is 0 Å². The minimum absolute atomic E-state index is 0.0862. The summed E-state index contributed by atoms with van der Waals surface area (Å²) in [7, 11) is -3.01. The highest BCUT2D eigenvalue weighted by Crippen LogP contribution is 2.21. The van der Waals surface area contributed by atoms with Crippen molar-refractivity contribution in [3.8, 4) is 0 Å². The molecule has 1 aromatic carbocycles. The number of rotatable bonds is 6. The monoisotopic (exact) mass is 401 g/mol. The second-order valence-corrected chi connectivity index (χ2v) is 9.37. The molecule has 0 spiro atoms. The van der Waals surface area contributed by atoms with Crippen LogP contribution < -0.4 is 5.32 Å². The fourth-order valence-corrected chi connectivity index (χ4v) is 4.87. The van der Waals surface area contributed by atoms with Crippen molar-refractivity contribution < 1.29 is 17.6 Å². The number of hydrogen-bond acceptors (Lipinski definition) is 5. The van der Waals surface area contributed by atoms with E-state index >= 15 is 0 Å². The van der Waals surface area contributed by atoms with E-state index in [0.29, 0.717) is 31.8 Å². The number of carbonyl (C=O) groups is 1. The average molecular weight is 401 g/mol. The number of sulfone groups is 1. The van der Waals surface area contributed by atoms with Crippen LogP contribution >= 0.6 is 0 Å². The fraction of sp³-hybridized carbons (Fsp3) is 0.350. The van der Waals surface area contributed by atoms with Crippen LogP contribution in [0.2, 0.25) is 0 Å². The lowest BCUT2D eigenvalue weighted by atomic mass is 10.0. The summed E-state index contributed by atoms with van der Waals surface area (Å²) >= 11 is 0. The van der Waals surface area contributed by atoms with E-state index in [1.165, 1.54) is 0 Å². The first-order valence-corrected chi connectivity index (χ1v) is 11.1. The van der Waals surface area contributed by atoms with Crippen molar-refractivity contribution in [2.45, 2.75) is 19.0 Å². The van der Waals surface area contributed by atoms with Crippen molar-refractivity contribution in [2.75, 3.05) is 24.6 Å². The van der Waals surface area contributed by atoms with Crippen molar-refractivity contribution in [3.63, 3.8) is 0 Å². The second kappa shape index (κ2) is 7.81. The Balaban J connectivity index is 1.54. The molecule has 28 heavy (non-hydrogen) atoms. The number of carbonyl (C=O) groups excluding carboxylic acids is 1. The highest BCUT2D eigenvalue weighted by molar-refractivity contribution is 7.91. The molecule has 4 rings (SSSR count). The molecule has 0 aliphatic carbocycles. The molecule has 1 atom stereocenters. The highest BCUT2D eigenvalue weighted by atomic mass is 32.2. The zero-order valence-electron chi connectivity index (χ0n) is 15.4. The van der Waals surface area contributed by atoms with Gasteiger partial charge in [0.1, 0.15) is 5.76 Å². The molecule has 148 valence electrons. The third kappa shape index (κ3) is 4.13. The van der Waals surface area contributed by atoms with Crippen LogP contribution in [-0.2, 0) is 27.6 Å². The number of furan rings is 1. The molecule has 8 heteroatoms. The Labute approximate surface area is 163 Å². The van der Waals surface area contributed by atoms with Crippen LogP contribution in [0.1, 0.15) is 11.3 Å². The molecule has 3 heterocycles. The molecule has 1 fully saturated rings. The standard InChI is InChI=1S/C20H23N3O4S/c24-20(22-14-16-4-3-9-27-16)19(23-7-10-28(25,26)11-8-23)12-15-13-21-18-6-2-1-5-17(15)18/h1-6,9,13,19,21H,7-8,10-12,14H2,(H,22,24)/t19-/m1/s1. The van der Waals surface area contributed by atoms with Gasteiger partial charge >= 0.3 is 0 Å². The summed E-state index contributed by atoms with van der Waals surface area (Å²) in [6, 6.07) is 11.1. The molecular formula is C20H23N3O4S. The van der Waals surface area contributed by atoms with Gasteiger partial charge in [-0.1, -0.05) is 18.2 Å². The van der Waals surface area contributed by atoms with Crippen molar-refractivity contribution in [1.82, 2.24) is 15.2 Å². The quantitative estimate of drug-likeness (QED) is 0.656.